The van der Waals surface area contributed by atoms with Gasteiger partial charge in [-0.3, -0.25) is 4.79 Å². The summed E-state index contributed by atoms with van der Waals surface area (Å²) in [5, 5.41) is 4.04. The Morgan fingerprint density at radius 3 is 2.42 bits per heavy atom. The van der Waals surface area contributed by atoms with Crippen molar-refractivity contribution < 1.29 is 9.53 Å². The smallest absolute Gasteiger partial charge is 0.255 e. The van der Waals surface area contributed by atoms with Gasteiger partial charge in [-0.15, -0.1) is 0 Å². The van der Waals surface area contributed by atoms with Crippen LogP contribution in [0.25, 0.3) is 10.9 Å². The van der Waals surface area contributed by atoms with E-state index in [1.165, 1.54) is 5.52 Å². The minimum absolute atomic E-state index is 0.144. The van der Waals surface area contributed by atoms with Crippen LogP contribution in [0.2, 0.25) is 0 Å². The summed E-state index contributed by atoms with van der Waals surface area (Å²) in [5.74, 6) is 1.33. The summed E-state index contributed by atoms with van der Waals surface area (Å²) in [4.78, 5) is 14.6. The van der Waals surface area contributed by atoms with Gasteiger partial charge in [0.05, 0.1) is 0 Å². The van der Waals surface area contributed by atoms with Crippen molar-refractivity contribution in [3.05, 3.63) is 90.6 Å². The molecule has 0 atom stereocenters. The molecule has 0 fully saturated rings. The van der Waals surface area contributed by atoms with E-state index < -0.39 is 0 Å². The molecule has 0 saturated carbocycles. The molecule has 5 heteroatoms. The van der Waals surface area contributed by atoms with Gasteiger partial charge in [0.1, 0.15) is 11.5 Å². The second kappa shape index (κ2) is 9.49. The number of fused-ring (bicyclic) bond motifs is 1. The van der Waals surface area contributed by atoms with Crippen molar-refractivity contribution in [3.63, 3.8) is 0 Å². The van der Waals surface area contributed by atoms with Crippen LogP contribution in [-0.2, 0) is 6.54 Å². The van der Waals surface area contributed by atoms with Crippen molar-refractivity contribution in [2.75, 3.05) is 26.0 Å². The summed E-state index contributed by atoms with van der Waals surface area (Å²) in [6, 6.07) is 24.9. The first-order valence-corrected chi connectivity index (χ1v) is 10.5. The number of rotatable bonds is 8. The van der Waals surface area contributed by atoms with E-state index in [9.17, 15) is 4.79 Å². The number of aryl methyl sites for hydroxylation is 1. The zero-order valence-corrected chi connectivity index (χ0v) is 17.9. The highest BCUT2D eigenvalue weighted by atomic mass is 16.5. The molecule has 0 spiro atoms. The second-order valence-corrected chi connectivity index (χ2v) is 7.83. The van der Waals surface area contributed by atoms with Crippen LogP contribution in [0.15, 0.2) is 85.1 Å². The van der Waals surface area contributed by atoms with Crippen LogP contribution in [0.1, 0.15) is 16.8 Å². The molecule has 1 heterocycles. The average Bonchev–Trinajstić information content (AvgIpc) is 3.17. The molecule has 0 bridgehead atoms. The van der Waals surface area contributed by atoms with Crippen molar-refractivity contribution in [2.45, 2.75) is 13.0 Å². The Labute approximate surface area is 182 Å². The molecule has 31 heavy (non-hydrogen) atoms. The number of amides is 1. The minimum atomic E-state index is -0.144. The molecule has 0 saturated heterocycles. The van der Waals surface area contributed by atoms with E-state index in [1.54, 1.807) is 12.1 Å². The fraction of sp³-hybridized carbons (Fsp3) is 0.192. The van der Waals surface area contributed by atoms with Gasteiger partial charge in [-0.1, -0.05) is 18.2 Å². The molecule has 5 nitrogen and oxygen atoms in total. The second-order valence-electron chi connectivity index (χ2n) is 7.83. The highest BCUT2D eigenvalue weighted by molar-refractivity contribution is 6.04. The molecule has 4 rings (SSSR count). The Hall–Kier alpha value is -3.57. The van der Waals surface area contributed by atoms with Crippen LogP contribution >= 0.6 is 0 Å². The third-order valence-corrected chi connectivity index (χ3v) is 5.13. The van der Waals surface area contributed by atoms with Gasteiger partial charge in [0.15, 0.2) is 0 Å². The van der Waals surface area contributed by atoms with Crippen molar-refractivity contribution >= 4 is 22.5 Å². The molecule has 1 N–H and O–H groups in total. The molecule has 4 aromatic rings. The predicted octanol–water partition coefficient (Wildman–Crippen LogP) is 5.64. The Bertz CT molecular complexity index is 1150. The Kier molecular flexibility index (Phi) is 6.34. The molecule has 158 valence electrons. The number of hydrogen-bond acceptors (Lipinski definition) is 3. The summed E-state index contributed by atoms with van der Waals surface area (Å²) in [6.45, 7) is 2.06. The molecule has 0 radical (unpaired) electrons. The number of carbonyl (C=O) groups excluding carboxylic acids is 1. The zero-order valence-electron chi connectivity index (χ0n) is 17.9. The molecule has 1 amide bonds. The number of nitrogens with zero attached hydrogens (tertiary/aromatic N) is 2. The fourth-order valence-electron chi connectivity index (χ4n) is 3.53. The molecular formula is C26H27N3O2. The maximum Gasteiger partial charge on any atom is 0.255 e. The first-order valence-electron chi connectivity index (χ1n) is 10.5. The first kappa shape index (κ1) is 20.7. The average molecular weight is 414 g/mol. The standard InChI is InChI=1S/C26H27N3O2/c1-28(2)16-6-17-29-18-15-21-19-24(13-14-25(21)29)31-23-11-9-20(10-12-23)26(30)27-22-7-4-3-5-8-22/h3-5,7-15,18-19H,6,16-17H2,1-2H3,(H,27,30). The normalized spacial score (nSPS) is 11.1. The highest BCUT2D eigenvalue weighted by Crippen LogP contribution is 2.27. The van der Waals surface area contributed by atoms with Gasteiger partial charge in [-0.2, -0.15) is 0 Å². The van der Waals surface area contributed by atoms with E-state index in [1.807, 2.05) is 54.6 Å². The number of nitrogens with one attached hydrogen (secondary N) is 1. The lowest BCUT2D eigenvalue weighted by atomic mass is 10.2. The Balaban J connectivity index is 1.40. The Morgan fingerprint density at radius 2 is 1.68 bits per heavy atom. The van der Waals surface area contributed by atoms with Gasteiger partial charge in [0, 0.05) is 34.9 Å². The topological polar surface area (TPSA) is 46.5 Å². The van der Waals surface area contributed by atoms with E-state index in [0.717, 1.165) is 36.3 Å². The van der Waals surface area contributed by atoms with E-state index in [2.05, 4.69) is 47.2 Å². The number of ether oxygens (including phenoxy) is 1. The van der Waals surface area contributed by atoms with Gasteiger partial charge >= 0.3 is 0 Å². The van der Waals surface area contributed by atoms with Gasteiger partial charge < -0.3 is 19.5 Å². The van der Waals surface area contributed by atoms with E-state index >= 15 is 0 Å². The molecule has 0 unspecified atom stereocenters. The van der Waals surface area contributed by atoms with E-state index in [-0.39, 0.29) is 5.91 Å². The molecule has 0 aliphatic rings. The quantitative estimate of drug-likeness (QED) is 0.407. The fourth-order valence-corrected chi connectivity index (χ4v) is 3.53. The van der Waals surface area contributed by atoms with E-state index in [0.29, 0.717) is 11.3 Å². The van der Waals surface area contributed by atoms with Crippen LogP contribution in [0, 0.1) is 0 Å². The Morgan fingerprint density at radius 1 is 0.935 bits per heavy atom. The summed E-state index contributed by atoms with van der Waals surface area (Å²) >= 11 is 0. The van der Waals surface area contributed by atoms with Crippen LogP contribution in [-0.4, -0.2) is 36.0 Å². The van der Waals surface area contributed by atoms with Gasteiger partial charge in [0.2, 0.25) is 0 Å². The molecule has 1 aromatic heterocycles. The monoisotopic (exact) mass is 413 g/mol. The lowest BCUT2D eigenvalue weighted by Crippen LogP contribution is -2.14. The minimum Gasteiger partial charge on any atom is -0.457 e. The lowest BCUT2D eigenvalue weighted by Gasteiger charge is -2.11. The number of aromatic nitrogens is 1. The van der Waals surface area contributed by atoms with Crippen molar-refractivity contribution in [2.24, 2.45) is 0 Å². The number of benzene rings is 3. The zero-order chi connectivity index (χ0) is 21.6. The van der Waals surface area contributed by atoms with Gasteiger partial charge in [-0.25, -0.2) is 0 Å². The van der Waals surface area contributed by atoms with E-state index in [4.69, 9.17) is 4.74 Å². The maximum absolute atomic E-state index is 12.4. The van der Waals surface area contributed by atoms with Crippen LogP contribution in [0.4, 0.5) is 5.69 Å². The number of hydrogen-bond donors (Lipinski definition) is 1. The lowest BCUT2D eigenvalue weighted by molar-refractivity contribution is 0.102. The van der Waals surface area contributed by atoms with Crippen LogP contribution in [0.5, 0.6) is 11.5 Å². The summed E-state index contributed by atoms with van der Waals surface area (Å²) in [7, 11) is 4.19. The number of carbonyl (C=O) groups is 1. The highest BCUT2D eigenvalue weighted by Gasteiger charge is 2.08. The largest absolute Gasteiger partial charge is 0.457 e. The molecular weight excluding hydrogens is 386 g/mol. The third-order valence-electron chi connectivity index (χ3n) is 5.13. The number of anilines is 1. The van der Waals surface area contributed by atoms with Crippen molar-refractivity contribution in [3.8, 4) is 11.5 Å². The van der Waals surface area contributed by atoms with Gasteiger partial charge in [-0.05, 0) is 87.7 Å². The van der Waals surface area contributed by atoms with Gasteiger partial charge in [0.25, 0.3) is 5.91 Å². The first-order chi connectivity index (χ1) is 15.1. The molecule has 3 aromatic carbocycles. The third kappa shape index (κ3) is 5.32. The number of para-hydroxylation sites is 1. The predicted molar refractivity (Wildman–Crippen MR) is 126 cm³/mol. The van der Waals surface area contributed by atoms with Crippen LogP contribution < -0.4 is 10.1 Å². The molecule has 0 aliphatic carbocycles. The SMILES string of the molecule is CN(C)CCCn1ccc2cc(Oc3ccc(C(=O)Nc4ccccc4)cc3)ccc21. The summed E-state index contributed by atoms with van der Waals surface area (Å²) in [5.41, 5.74) is 2.57. The maximum atomic E-state index is 12.4. The van der Waals surface area contributed by atoms with Crippen molar-refractivity contribution in [1.82, 2.24) is 9.47 Å². The van der Waals surface area contributed by atoms with Crippen molar-refractivity contribution in [1.29, 1.82) is 0 Å². The summed E-state index contributed by atoms with van der Waals surface area (Å²) < 4.78 is 8.29. The molecule has 0 aliphatic heterocycles. The summed E-state index contributed by atoms with van der Waals surface area (Å²) in [6.07, 6.45) is 3.24. The van der Waals surface area contributed by atoms with Crippen LogP contribution in [0.3, 0.4) is 0 Å².